The van der Waals surface area contributed by atoms with Gasteiger partial charge < -0.3 is 10.6 Å². The maximum Gasteiger partial charge on any atom is 0.254 e. The van der Waals surface area contributed by atoms with Crippen LogP contribution < -0.4 is 10.6 Å². The Balaban J connectivity index is 1.53. The van der Waals surface area contributed by atoms with E-state index in [0.29, 0.717) is 18.1 Å². The smallest absolute Gasteiger partial charge is 0.254 e. The molecule has 0 bridgehead atoms. The Morgan fingerprint density at radius 2 is 1.81 bits per heavy atom. The van der Waals surface area contributed by atoms with Gasteiger partial charge in [0.25, 0.3) is 5.91 Å². The molecule has 0 atom stereocenters. The quantitative estimate of drug-likeness (QED) is 0.755. The molecule has 1 aliphatic carbocycles. The topological polar surface area (TPSA) is 66.9 Å². The molecular weight excluding hydrogens is 324 g/mol. The molecule has 5 heteroatoms. The highest BCUT2D eigenvalue weighted by Crippen LogP contribution is 2.19. The van der Waals surface area contributed by atoms with Crippen molar-refractivity contribution >= 4 is 17.5 Å². The van der Waals surface area contributed by atoms with Crippen LogP contribution >= 0.6 is 0 Å². The molecule has 0 spiro atoms. The summed E-state index contributed by atoms with van der Waals surface area (Å²) in [7, 11) is 0. The summed E-state index contributed by atoms with van der Waals surface area (Å²) < 4.78 is 0. The summed E-state index contributed by atoms with van der Waals surface area (Å²) in [6, 6.07) is 6.19. The first-order valence-corrected chi connectivity index (χ1v) is 9.23. The van der Waals surface area contributed by atoms with Gasteiger partial charge in [-0.2, -0.15) is 0 Å². The van der Waals surface area contributed by atoms with E-state index < -0.39 is 0 Å². The second-order valence-corrected chi connectivity index (χ2v) is 6.91. The first-order valence-electron chi connectivity index (χ1n) is 9.23. The Bertz CT molecular complexity index is 776. The predicted octanol–water partition coefficient (Wildman–Crippen LogP) is 4.46. The number of amides is 1. The minimum atomic E-state index is -0.126. The minimum Gasteiger partial charge on any atom is -0.352 e. The van der Waals surface area contributed by atoms with Crippen molar-refractivity contribution in [3.63, 3.8) is 0 Å². The highest BCUT2D eigenvalue weighted by Gasteiger charge is 2.09. The van der Waals surface area contributed by atoms with Crippen molar-refractivity contribution in [1.29, 1.82) is 0 Å². The molecular formula is C21H26N4O. The summed E-state index contributed by atoms with van der Waals surface area (Å²) in [5.41, 5.74) is 5.24. The third kappa shape index (κ3) is 5.15. The highest BCUT2D eigenvalue weighted by molar-refractivity contribution is 5.93. The van der Waals surface area contributed by atoms with Crippen LogP contribution in [0.25, 0.3) is 0 Å². The van der Waals surface area contributed by atoms with E-state index >= 15 is 0 Å². The van der Waals surface area contributed by atoms with E-state index in [2.05, 4.69) is 46.6 Å². The van der Waals surface area contributed by atoms with E-state index in [0.717, 1.165) is 18.5 Å². The third-order valence-corrected chi connectivity index (χ3v) is 4.51. The van der Waals surface area contributed by atoms with Crippen LogP contribution in [0.5, 0.6) is 0 Å². The molecule has 136 valence electrons. The number of hydrogen-bond donors (Lipinski definition) is 2. The summed E-state index contributed by atoms with van der Waals surface area (Å²) in [6.45, 7) is 4.76. The number of hydrogen-bond acceptors (Lipinski definition) is 4. The zero-order valence-corrected chi connectivity index (χ0v) is 15.5. The normalized spacial score (nSPS) is 13.8. The van der Waals surface area contributed by atoms with Crippen LogP contribution in [0, 0.1) is 13.8 Å². The largest absolute Gasteiger partial charge is 0.352 e. The summed E-state index contributed by atoms with van der Waals surface area (Å²) in [5.74, 6) is 0.360. The standard InChI is InChI=1S/C21H26N4O/c1-15-10-16(2)12-19(11-15)25-21-23-13-18(14-24-21)20(26)22-9-8-17-6-4-3-5-7-17/h6,10-14H,3-5,7-9H2,1-2H3,(H,22,26)(H,23,24,25). The first kappa shape index (κ1) is 18.1. The number of allylic oxidation sites excluding steroid dienone is 1. The zero-order chi connectivity index (χ0) is 18.4. The van der Waals surface area contributed by atoms with E-state index in [1.54, 1.807) is 12.4 Å². The number of benzene rings is 1. The van der Waals surface area contributed by atoms with Crippen LogP contribution in [0.3, 0.4) is 0 Å². The number of carbonyl (C=O) groups is 1. The van der Waals surface area contributed by atoms with Crippen molar-refractivity contribution in [3.05, 3.63) is 58.9 Å². The second-order valence-electron chi connectivity index (χ2n) is 6.91. The lowest BCUT2D eigenvalue weighted by molar-refractivity contribution is 0.0953. The minimum absolute atomic E-state index is 0.126. The van der Waals surface area contributed by atoms with E-state index in [1.807, 2.05) is 12.1 Å². The van der Waals surface area contributed by atoms with Gasteiger partial charge in [0.2, 0.25) is 5.95 Å². The van der Waals surface area contributed by atoms with Gasteiger partial charge in [0.15, 0.2) is 0 Å². The molecule has 2 N–H and O–H groups in total. The van der Waals surface area contributed by atoms with Gasteiger partial charge in [-0.15, -0.1) is 0 Å². The molecule has 5 nitrogen and oxygen atoms in total. The van der Waals surface area contributed by atoms with E-state index in [9.17, 15) is 4.79 Å². The van der Waals surface area contributed by atoms with E-state index in [1.165, 1.54) is 36.0 Å². The van der Waals surface area contributed by atoms with Crippen LogP contribution in [-0.2, 0) is 0 Å². The van der Waals surface area contributed by atoms with Crippen LogP contribution in [0.1, 0.15) is 53.6 Å². The Kier molecular flexibility index (Phi) is 6.00. The van der Waals surface area contributed by atoms with Crippen molar-refractivity contribution in [1.82, 2.24) is 15.3 Å². The molecule has 26 heavy (non-hydrogen) atoms. The van der Waals surface area contributed by atoms with Crippen molar-refractivity contribution < 1.29 is 4.79 Å². The molecule has 0 fully saturated rings. The average molecular weight is 350 g/mol. The fourth-order valence-electron chi connectivity index (χ4n) is 3.26. The third-order valence-electron chi connectivity index (χ3n) is 4.51. The Morgan fingerprint density at radius 3 is 2.46 bits per heavy atom. The van der Waals surface area contributed by atoms with Crippen LogP contribution in [-0.4, -0.2) is 22.4 Å². The molecule has 1 aromatic heterocycles. The summed E-state index contributed by atoms with van der Waals surface area (Å²) in [5, 5.41) is 6.13. The molecule has 1 amide bonds. The lowest BCUT2D eigenvalue weighted by atomic mass is 9.97. The Hall–Kier alpha value is -2.69. The van der Waals surface area contributed by atoms with Crippen LogP contribution in [0.2, 0.25) is 0 Å². The lowest BCUT2D eigenvalue weighted by Gasteiger charge is -2.13. The molecule has 0 unspecified atom stereocenters. The predicted molar refractivity (Wildman–Crippen MR) is 105 cm³/mol. The van der Waals surface area contributed by atoms with Crippen molar-refractivity contribution in [3.8, 4) is 0 Å². The van der Waals surface area contributed by atoms with Crippen molar-refractivity contribution in [2.75, 3.05) is 11.9 Å². The summed E-state index contributed by atoms with van der Waals surface area (Å²) in [4.78, 5) is 20.7. The van der Waals surface area contributed by atoms with Gasteiger partial charge in [-0.05, 0) is 69.2 Å². The fourth-order valence-corrected chi connectivity index (χ4v) is 3.26. The SMILES string of the molecule is Cc1cc(C)cc(Nc2ncc(C(=O)NCCC3=CCCCC3)cn2)c1. The molecule has 0 saturated carbocycles. The number of aromatic nitrogens is 2. The average Bonchev–Trinajstić information content (AvgIpc) is 2.62. The molecule has 2 aromatic rings. The molecule has 3 rings (SSSR count). The fraction of sp³-hybridized carbons (Fsp3) is 0.381. The molecule has 0 radical (unpaired) electrons. The van der Waals surface area contributed by atoms with Crippen molar-refractivity contribution in [2.45, 2.75) is 46.0 Å². The molecule has 1 aromatic carbocycles. The second kappa shape index (κ2) is 8.61. The molecule has 0 aliphatic heterocycles. The number of carbonyl (C=O) groups excluding carboxylic acids is 1. The number of nitrogens with zero attached hydrogens (tertiary/aromatic N) is 2. The van der Waals surface area contributed by atoms with Gasteiger partial charge in [0.05, 0.1) is 5.56 Å². The molecule has 1 aliphatic rings. The van der Waals surface area contributed by atoms with Gasteiger partial charge in [-0.1, -0.05) is 17.7 Å². The summed E-state index contributed by atoms with van der Waals surface area (Å²) in [6.07, 6.45) is 11.3. The lowest BCUT2D eigenvalue weighted by Crippen LogP contribution is -2.25. The van der Waals surface area contributed by atoms with Crippen LogP contribution in [0.4, 0.5) is 11.6 Å². The monoisotopic (exact) mass is 350 g/mol. The Morgan fingerprint density at radius 1 is 1.08 bits per heavy atom. The van der Waals surface area contributed by atoms with Gasteiger partial charge in [0.1, 0.15) is 0 Å². The molecule has 0 saturated heterocycles. The van der Waals surface area contributed by atoms with E-state index in [4.69, 9.17) is 0 Å². The number of aryl methyl sites for hydroxylation is 2. The van der Waals surface area contributed by atoms with Crippen molar-refractivity contribution in [2.24, 2.45) is 0 Å². The number of anilines is 2. The maximum atomic E-state index is 12.2. The van der Waals surface area contributed by atoms with E-state index in [-0.39, 0.29) is 5.91 Å². The zero-order valence-electron chi connectivity index (χ0n) is 15.5. The summed E-state index contributed by atoms with van der Waals surface area (Å²) >= 11 is 0. The van der Waals surface area contributed by atoms with Gasteiger partial charge in [-0.25, -0.2) is 9.97 Å². The molecule has 1 heterocycles. The van der Waals surface area contributed by atoms with Gasteiger partial charge in [-0.3, -0.25) is 4.79 Å². The number of rotatable bonds is 6. The highest BCUT2D eigenvalue weighted by atomic mass is 16.1. The van der Waals surface area contributed by atoms with Crippen LogP contribution in [0.15, 0.2) is 42.2 Å². The van der Waals surface area contributed by atoms with Gasteiger partial charge >= 0.3 is 0 Å². The first-order chi connectivity index (χ1) is 12.6. The number of nitrogens with one attached hydrogen (secondary N) is 2. The van der Waals surface area contributed by atoms with Gasteiger partial charge in [0, 0.05) is 24.6 Å². The maximum absolute atomic E-state index is 12.2. The Labute approximate surface area is 155 Å².